The second kappa shape index (κ2) is 16.2. The first kappa shape index (κ1) is 33.7. The number of ether oxygens (including phenoxy) is 2. The fourth-order valence-electron chi connectivity index (χ4n) is 5.15. The van der Waals surface area contributed by atoms with Gasteiger partial charge in [-0.15, -0.1) is 11.8 Å². The Labute approximate surface area is 277 Å². The van der Waals surface area contributed by atoms with Gasteiger partial charge in [-0.25, -0.2) is 4.79 Å². The first-order chi connectivity index (χ1) is 22.8. The molecule has 244 valence electrons. The molecule has 0 saturated carbocycles. The summed E-state index contributed by atoms with van der Waals surface area (Å²) in [5.74, 6) is -0.884. The fourth-order valence-corrected chi connectivity index (χ4v) is 6.22. The van der Waals surface area contributed by atoms with Crippen LogP contribution in [0.3, 0.4) is 0 Å². The lowest BCUT2D eigenvalue weighted by Crippen LogP contribution is -2.31. The standard InChI is InChI=1S/C36H37N3O7S/c37-29-7-2-3-8-30(29)39-34(42)11-5-10-33(41)38-26-18-16-25(17-19-26)36-45-27(22-47-32-9-4-1-6-28(32)35(43)44)20-31(46-36)24-14-12-23(21-40)13-15-24/h1-4,6-9,12-19,27,31,36,40H,5,10-11,20-22,37H2,(H,38,41)(H,39,42)(H,43,44)/t27-,31+,36+/m0/s1. The van der Waals surface area contributed by atoms with Crippen molar-refractivity contribution in [2.75, 3.05) is 22.1 Å². The van der Waals surface area contributed by atoms with Gasteiger partial charge in [0.1, 0.15) is 0 Å². The van der Waals surface area contributed by atoms with Crippen molar-refractivity contribution in [3.05, 3.63) is 119 Å². The van der Waals surface area contributed by atoms with Crippen molar-refractivity contribution in [1.29, 1.82) is 0 Å². The van der Waals surface area contributed by atoms with Crippen molar-refractivity contribution in [2.45, 2.75) is 55.7 Å². The average molecular weight is 656 g/mol. The van der Waals surface area contributed by atoms with E-state index in [-0.39, 0.29) is 49.0 Å². The summed E-state index contributed by atoms with van der Waals surface area (Å²) in [6.45, 7) is -0.0537. The van der Waals surface area contributed by atoms with E-state index >= 15 is 0 Å². The number of nitrogens with two attached hydrogens (primary N) is 1. The summed E-state index contributed by atoms with van der Waals surface area (Å²) in [7, 11) is 0. The quantitative estimate of drug-likeness (QED) is 0.0795. The van der Waals surface area contributed by atoms with Crippen molar-refractivity contribution in [3.63, 3.8) is 0 Å². The molecule has 1 aliphatic rings. The Morgan fingerprint density at radius 2 is 1.47 bits per heavy atom. The van der Waals surface area contributed by atoms with Gasteiger partial charge in [0.2, 0.25) is 11.8 Å². The Morgan fingerprint density at radius 1 is 0.809 bits per heavy atom. The van der Waals surface area contributed by atoms with Gasteiger partial charge < -0.3 is 36.1 Å². The van der Waals surface area contributed by atoms with E-state index in [2.05, 4.69) is 10.6 Å². The number of aliphatic hydroxyl groups is 1. The van der Waals surface area contributed by atoms with Crippen LogP contribution >= 0.6 is 11.8 Å². The maximum atomic E-state index is 12.6. The number of hydrogen-bond acceptors (Lipinski definition) is 8. The van der Waals surface area contributed by atoms with Crippen LogP contribution in [0.25, 0.3) is 0 Å². The van der Waals surface area contributed by atoms with Crippen LogP contribution in [0.1, 0.15) is 65.1 Å². The van der Waals surface area contributed by atoms with Gasteiger partial charge in [-0.05, 0) is 53.9 Å². The Kier molecular flexibility index (Phi) is 11.6. The second-order valence-corrected chi connectivity index (χ2v) is 12.2. The van der Waals surface area contributed by atoms with Gasteiger partial charge in [-0.2, -0.15) is 0 Å². The molecule has 0 unspecified atom stereocenters. The van der Waals surface area contributed by atoms with Crippen molar-refractivity contribution in [1.82, 2.24) is 0 Å². The van der Waals surface area contributed by atoms with Crippen molar-refractivity contribution in [2.24, 2.45) is 0 Å². The smallest absolute Gasteiger partial charge is 0.336 e. The minimum atomic E-state index is -0.980. The zero-order chi connectivity index (χ0) is 33.2. The van der Waals surface area contributed by atoms with Gasteiger partial charge in [0, 0.05) is 41.2 Å². The number of carboxylic acids is 1. The monoisotopic (exact) mass is 655 g/mol. The first-order valence-corrected chi connectivity index (χ1v) is 16.3. The molecule has 0 spiro atoms. The molecular formula is C36H37N3O7S. The molecule has 4 aromatic carbocycles. The summed E-state index contributed by atoms with van der Waals surface area (Å²) < 4.78 is 12.8. The van der Waals surface area contributed by atoms with Gasteiger partial charge >= 0.3 is 5.97 Å². The topological polar surface area (TPSA) is 160 Å². The van der Waals surface area contributed by atoms with E-state index in [9.17, 15) is 24.6 Å². The summed E-state index contributed by atoms with van der Waals surface area (Å²) in [5, 5.41) is 24.7. The number of carbonyl (C=O) groups excluding carboxylic acids is 2. The number of rotatable bonds is 13. The van der Waals surface area contributed by atoms with Crippen molar-refractivity contribution < 1.29 is 34.1 Å². The molecule has 47 heavy (non-hydrogen) atoms. The van der Waals surface area contributed by atoms with Gasteiger partial charge in [0.15, 0.2) is 6.29 Å². The molecule has 1 saturated heterocycles. The number of nitrogen functional groups attached to an aromatic ring is 1. The molecule has 1 heterocycles. The molecule has 0 aliphatic carbocycles. The van der Waals surface area contributed by atoms with Crippen LogP contribution in [0.4, 0.5) is 17.1 Å². The first-order valence-electron chi connectivity index (χ1n) is 15.3. The average Bonchev–Trinajstić information content (AvgIpc) is 3.08. The molecule has 11 heteroatoms. The number of aromatic carboxylic acids is 1. The number of benzene rings is 4. The summed E-state index contributed by atoms with van der Waals surface area (Å²) in [6, 6.07) is 28.7. The van der Waals surface area contributed by atoms with E-state index < -0.39 is 12.3 Å². The molecule has 0 aromatic heterocycles. The highest BCUT2D eigenvalue weighted by Gasteiger charge is 2.32. The molecule has 6 N–H and O–H groups in total. The lowest BCUT2D eigenvalue weighted by atomic mass is 10.0. The van der Waals surface area contributed by atoms with Crippen LogP contribution in [0.2, 0.25) is 0 Å². The SMILES string of the molecule is Nc1ccccc1NC(=O)CCCC(=O)Nc1ccc([C@@H]2O[C@H](CSc3ccccc3C(=O)O)C[C@H](c3ccc(CO)cc3)O2)cc1. The molecule has 4 aromatic rings. The second-order valence-electron chi connectivity index (χ2n) is 11.1. The van der Waals surface area contributed by atoms with Crippen LogP contribution in [-0.2, 0) is 25.7 Å². The summed E-state index contributed by atoms with van der Waals surface area (Å²) in [6.07, 6.45) is 0.0477. The Balaban J connectivity index is 1.19. The molecule has 0 radical (unpaired) electrons. The van der Waals surface area contributed by atoms with Crippen LogP contribution in [0, 0.1) is 0 Å². The molecule has 1 aliphatic heterocycles. The lowest BCUT2D eigenvalue weighted by molar-refractivity contribution is -0.245. The van der Waals surface area contributed by atoms with Crippen LogP contribution < -0.4 is 16.4 Å². The van der Waals surface area contributed by atoms with E-state index in [0.29, 0.717) is 40.6 Å². The third-order valence-electron chi connectivity index (χ3n) is 7.67. The summed E-state index contributed by atoms with van der Waals surface area (Å²) in [5.41, 5.74) is 10.3. The van der Waals surface area contributed by atoms with Crippen molar-refractivity contribution >= 4 is 46.6 Å². The number of amides is 2. The number of para-hydroxylation sites is 2. The number of nitrogens with one attached hydrogen (secondary N) is 2. The Bertz CT molecular complexity index is 1680. The van der Waals surface area contributed by atoms with Gasteiger partial charge in [-0.1, -0.05) is 60.7 Å². The van der Waals surface area contributed by atoms with Crippen molar-refractivity contribution in [3.8, 4) is 0 Å². The molecule has 2 amide bonds. The van der Waals surface area contributed by atoms with Gasteiger partial charge in [0.25, 0.3) is 0 Å². The lowest BCUT2D eigenvalue weighted by Gasteiger charge is -2.36. The van der Waals surface area contributed by atoms with E-state index in [1.165, 1.54) is 11.8 Å². The molecule has 0 bridgehead atoms. The number of aliphatic hydroxyl groups excluding tert-OH is 1. The van der Waals surface area contributed by atoms with Crippen LogP contribution in [0.5, 0.6) is 0 Å². The highest BCUT2D eigenvalue weighted by Crippen LogP contribution is 2.40. The predicted octanol–water partition coefficient (Wildman–Crippen LogP) is 6.54. The van der Waals surface area contributed by atoms with E-state index in [1.54, 1.807) is 54.6 Å². The number of thioether (sulfide) groups is 1. The predicted molar refractivity (Wildman–Crippen MR) is 181 cm³/mol. The fraction of sp³-hybridized carbons (Fsp3) is 0.250. The zero-order valence-electron chi connectivity index (χ0n) is 25.6. The minimum Gasteiger partial charge on any atom is -0.478 e. The molecular weight excluding hydrogens is 618 g/mol. The molecule has 5 rings (SSSR count). The molecule has 1 fully saturated rings. The van der Waals surface area contributed by atoms with Gasteiger partial charge in [0.05, 0.1) is 35.8 Å². The maximum Gasteiger partial charge on any atom is 0.336 e. The van der Waals surface area contributed by atoms with Crippen LogP contribution in [0.15, 0.2) is 102 Å². The molecule has 10 nitrogen and oxygen atoms in total. The van der Waals surface area contributed by atoms with E-state index in [4.69, 9.17) is 15.2 Å². The van der Waals surface area contributed by atoms with E-state index in [0.717, 1.165) is 16.7 Å². The number of hydrogen-bond donors (Lipinski definition) is 5. The highest BCUT2D eigenvalue weighted by atomic mass is 32.2. The Morgan fingerprint density at radius 3 is 2.17 bits per heavy atom. The minimum absolute atomic E-state index is 0.0537. The zero-order valence-corrected chi connectivity index (χ0v) is 26.5. The number of carboxylic acid groups (broad SMARTS) is 1. The van der Waals surface area contributed by atoms with Gasteiger partial charge in [-0.3, -0.25) is 9.59 Å². The normalized spacial score (nSPS) is 17.5. The largest absolute Gasteiger partial charge is 0.478 e. The van der Waals surface area contributed by atoms with E-state index in [1.807, 2.05) is 42.5 Å². The third kappa shape index (κ3) is 9.43. The van der Waals surface area contributed by atoms with Crippen LogP contribution in [-0.4, -0.2) is 39.9 Å². The summed E-state index contributed by atoms with van der Waals surface area (Å²) >= 11 is 1.43. The number of anilines is 3. The Hall–Kier alpha value is -4.68. The maximum absolute atomic E-state index is 12.6. The third-order valence-corrected chi connectivity index (χ3v) is 8.87. The summed E-state index contributed by atoms with van der Waals surface area (Å²) in [4.78, 5) is 37.2. The highest BCUT2D eigenvalue weighted by molar-refractivity contribution is 7.99. The number of carbonyl (C=O) groups is 3. The molecule has 3 atom stereocenters.